The number of carbonyl (C=O) groups excluding carboxylic acids is 1. The normalized spacial score (nSPS) is 15.6. The van der Waals surface area contributed by atoms with Gasteiger partial charge < -0.3 is 4.74 Å². The van der Waals surface area contributed by atoms with Crippen LogP contribution in [-0.2, 0) is 4.74 Å². The topological polar surface area (TPSA) is 26.3 Å². The Balaban J connectivity index is 2.07. The maximum atomic E-state index is 11.7. The average Bonchev–Trinajstić information content (AvgIpc) is 2.67. The van der Waals surface area contributed by atoms with Crippen LogP contribution in [0.4, 0.5) is 0 Å². The van der Waals surface area contributed by atoms with Crippen molar-refractivity contribution >= 4 is 33.7 Å². The van der Waals surface area contributed by atoms with E-state index in [1.165, 1.54) is 0 Å². The van der Waals surface area contributed by atoms with Crippen LogP contribution < -0.4 is 0 Å². The first kappa shape index (κ1) is 11.2. The molecular formula is C15H9BrO2. The lowest BCUT2D eigenvalue weighted by molar-refractivity contribution is 0.0717. The van der Waals surface area contributed by atoms with Crippen LogP contribution in [0.3, 0.4) is 0 Å². The van der Waals surface area contributed by atoms with Gasteiger partial charge >= 0.3 is 5.97 Å². The van der Waals surface area contributed by atoms with Gasteiger partial charge in [-0.2, -0.15) is 0 Å². The molecule has 0 amide bonds. The van der Waals surface area contributed by atoms with Gasteiger partial charge in [0.1, 0.15) is 5.76 Å². The Labute approximate surface area is 113 Å². The third kappa shape index (κ3) is 1.97. The second kappa shape index (κ2) is 4.42. The number of carbonyl (C=O) groups is 1. The highest BCUT2D eigenvalue weighted by Gasteiger charge is 2.25. The summed E-state index contributed by atoms with van der Waals surface area (Å²) in [7, 11) is 0. The summed E-state index contributed by atoms with van der Waals surface area (Å²) in [5.41, 5.74) is 2.46. The van der Waals surface area contributed by atoms with Crippen molar-refractivity contribution in [3.63, 3.8) is 0 Å². The number of hydrogen-bond donors (Lipinski definition) is 0. The summed E-state index contributed by atoms with van der Waals surface area (Å²) in [6.07, 6.45) is 1.87. The highest BCUT2D eigenvalue weighted by Crippen LogP contribution is 2.31. The van der Waals surface area contributed by atoms with Crippen molar-refractivity contribution in [2.24, 2.45) is 0 Å². The van der Waals surface area contributed by atoms with E-state index in [4.69, 9.17) is 4.74 Å². The van der Waals surface area contributed by atoms with Crippen molar-refractivity contribution in [3.05, 3.63) is 69.7 Å². The van der Waals surface area contributed by atoms with E-state index in [2.05, 4.69) is 15.9 Å². The van der Waals surface area contributed by atoms with Gasteiger partial charge in [-0.25, -0.2) is 4.79 Å². The highest BCUT2D eigenvalue weighted by atomic mass is 79.9. The van der Waals surface area contributed by atoms with E-state index in [1.807, 2.05) is 48.5 Å². The van der Waals surface area contributed by atoms with Crippen molar-refractivity contribution < 1.29 is 9.53 Å². The molecule has 0 aliphatic carbocycles. The molecule has 18 heavy (non-hydrogen) atoms. The molecule has 0 spiro atoms. The molecular weight excluding hydrogens is 292 g/mol. The fourth-order valence-corrected chi connectivity index (χ4v) is 2.36. The maximum absolute atomic E-state index is 11.7. The lowest BCUT2D eigenvalue weighted by Crippen LogP contribution is -1.92. The SMILES string of the molecule is O=C1OC(=Cc2cccc(Br)c2)c2ccccc21. The van der Waals surface area contributed by atoms with Crippen LogP contribution >= 0.6 is 15.9 Å². The maximum Gasteiger partial charge on any atom is 0.344 e. The molecule has 1 aliphatic rings. The second-order valence-electron chi connectivity index (χ2n) is 4.00. The molecule has 1 aliphatic heterocycles. The number of halogens is 1. The van der Waals surface area contributed by atoms with E-state index >= 15 is 0 Å². The molecule has 0 aromatic heterocycles. The van der Waals surface area contributed by atoms with Crippen molar-refractivity contribution in [1.82, 2.24) is 0 Å². The van der Waals surface area contributed by atoms with E-state index in [0.717, 1.165) is 15.6 Å². The van der Waals surface area contributed by atoms with E-state index < -0.39 is 0 Å². The fourth-order valence-electron chi connectivity index (χ4n) is 1.94. The molecule has 0 saturated heterocycles. The van der Waals surface area contributed by atoms with Gasteiger partial charge in [-0.05, 0) is 29.8 Å². The molecule has 3 rings (SSSR count). The molecule has 1 heterocycles. The molecule has 2 aromatic carbocycles. The fraction of sp³-hybridized carbons (Fsp3) is 0. The first-order chi connectivity index (χ1) is 8.74. The Kier molecular flexibility index (Phi) is 2.76. The second-order valence-corrected chi connectivity index (χ2v) is 4.91. The van der Waals surface area contributed by atoms with Gasteiger partial charge in [0, 0.05) is 10.0 Å². The Hall–Kier alpha value is -1.87. The number of ether oxygens (including phenoxy) is 1. The number of rotatable bonds is 1. The molecule has 0 atom stereocenters. The number of cyclic esters (lactones) is 1. The lowest BCUT2D eigenvalue weighted by atomic mass is 10.1. The molecule has 0 saturated carbocycles. The molecule has 88 valence electrons. The van der Waals surface area contributed by atoms with E-state index in [0.29, 0.717) is 11.3 Å². The molecule has 2 aromatic rings. The average molecular weight is 301 g/mol. The molecule has 0 bridgehead atoms. The monoisotopic (exact) mass is 300 g/mol. The summed E-state index contributed by atoms with van der Waals surface area (Å²) < 4.78 is 6.28. The molecule has 3 heteroatoms. The summed E-state index contributed by atoms with van der Waals surface area (Å²) in [5.74, 6) is 0.320. The number of fused-ring (bicyclic) bond motifs is 1. The molecule has 0 radical (unpaired) electrons. The van der Waals surface area contributed by atoms with Crippen molar-refractivity contribution in [2.75, 3.05) is 0 Å². The summed E-state index contributed by atoms with van der Waals surface area (Å²) in [6.45, 7) is 0. The van der Waals surface area contributed by atoms with Gasteiger partial charge in [0.15, 0.2) is 0 Å². The van der Waals surface area contributed by atoms with Gasteiger partial charge in [0.2, 0.25) is 0 Å². The van der Waals surface area contributed by atoms with E-state index in [-0.39, 0.29) is 5.97 Å². The quantitative estimate of drug-likeness (QED) is 0.741. The zero-order valence-corrected chi connectivity index (χ0v) is 11.0. The number of benzene rings is 2. The van der Waals surface area contributed by atoms with Gasteiger partial charge in [-0.1, -0.05) is 46.3 Å². The van der Waals surface area contributed by atoms with Gasteiger partial charge in [-0.3, -0.25) is 0 Å². The Bertz CT molecular complexity index is 659. The third-order valence-corrected chi connectivity index (χ3v) is 3.25. The standard InChI is InChI=1S/C15H9BrO2/c16-11-5-3-4-10(8-11)9-14-12-6-1-2-7-13(12)15(17)18-14/h1-9H. The van der Waals surface area contributed by atoms with E-state index in [1.54, 1.807) is 6.07 Å². The van der Waals surface area contributed by atoms with Crippen LogP contribution in [0, 0.1) is 0 Å². The van der Waals surface area contributed by atoms with Gasteiger partial charge in [0.25, 0.3) is 0 Å². The van der Waals surface area contributed by atoms with Crippen LogP contribution in [0.1, 0.15) is 21.5 Å². The van der Waals surface area contributed by atoms with Gasteiger partial charge in [-0.15, -0.1) is 0 Å². The van der Waals surface area contributed by atoms with E-state index in [9.17, 15) is 4.79 Å². The van der Waals surface area contributed by atoms with Crippen LogP contribution in [0.2, 0.25) is 0 Å². The first-order valence-corrected chi connectivity index (χ1v) is 6.32. The zero-order valence-electron chi connectivity index (χ0n) is 9.39. The predicted octanol–water partition coefficient (Wildman–Crippen LogP) is 4.12. The Morgan fingerprint density at radius 3 is 2.56 bits per heavy atom. The minimum atomic E-state index is -0.285. The lowest BCUT2D eigenvalue weighted by Gasteiger charge is -1.99. The minimum absolute atomic E-state index is 0.285. The third-order valence-electron chi connectivity index (χ3n) is 2.76. The van der Waals surface area contributed by atoms with Crippen LogP contribution in [0.25, 0.3) is 11.8 Å². The Morgan fingerprint density at radius 2 is 1.78 bits per heavy atom. The number of hydrogen-bond acceptors (Lipinski definition) is 2. The minimum Gasteiger partial charge on any atom is -0.422 e. The van der Waals surface area contributed by atoms with Crippen LogP contribution in [0.5, 0.6) is 0 Å². The van der Waals surface area contributed by atoms with Crippen LogP contribution in [-0.4, -0.2) is 5.97 Å². The first-order valence-electron chi connectivity index (χ1n) is 5.53. The molecule has 0 fully saturated rings. The zero-order chi connectivity index (χ0) is 12.5. The Morgan fingerprint density at radius 1 is 1.00 bits per heavy atom. The predicted molar refractivity (Wildman–Crippen MR) is 73.9 cm³/mol. The smallest absolute Gasteiger partial charge is 0.344 e. The summed E-state index contributed by atoms with van der Waals surface area (Å²) in [4.78, 5) is 11.7. The molecule has 0 N–H and O–H groups in total. The summed E-state index contributed by atoms with van der Waals surface area (Å²) in [5, 5.41) is 0. The van der Waals surface area contributed by atoms with Crippen molar-refractivity contribution in [3.8, 4) is 0 Å². The van der Waals surface area contributed by atoms with Crippen molar-refractivity contribution in [2.45, 2.75) is 0 Å². The largest absolute Gasteiger partial charge is 0.422 e. The van der Waals surface area contributed by atoms with Gasteiger partial charge in [0.05, 0.1) is 5.56 Å². The van der Waals surface area contributed by atoms with Crippen molar-refractivity contribution in [1.29, 1.82) is 0 Å². The van der Waals surface area contributed by atoms with Crippen LogP contribution in [0.15, 0.2) is 53.0 Å². The summed E-state index contributed by atoms with van der Waals surface area (Å²) >= 11 is 3.42. The molecule has 2 nitrogen and oxygen atoms in total. The summed E-state index contributed by atoms with van der Waals surface area (Å²) in [6, 6.07) is 15.2. The molecule has 0 unspecified atom stereocenters. The highest BCUT2D eigenvalue weighted by molar-refractivity contribution is 9.10. The number of esters is 1.